The van der Waals surface area contributed by atoms with E-state index in [0.29, 0.717) is 24.5 Å². The Morgan fingerprint density at radius 2 is 2.11 bits per heavy atom. The van der Waals surface area contributed by atoms with Crippen LogP contribution in [0.3, 0.4) is 0 Å². The summed E-state index contributed by atoms with van der Waals surface area (Å²) in [5.41, 5.74) is 5.05. The van der Waals surface area contributed by atoms with E-state index >= 15 is 0 Å². The van der Waals surface area contributed by atoms with Crippen LogP contribution >= 0.6 is 11.6 Å². The molecule has 1 unspecified atom stereocenters. The van der Waals surface area contributed by atoms with Gasteiger partial charge in [0.15, 0.2) is 0 Å². The summed E-state index contributed by atoms with van der Waals surface area (Å²) in [6.07, 6.45) is -4.15. The Morgan fingerprint density at radius 3 is 2.58 bits per heavy atom. The van der Waals surface area contributed by atoms with Gasteiger partial charge in [-0.3, -0.25) is 4.79 Å². The first-order valence-corrected chi connectivity index (χ1v) is 6.19. The molecular formula is C12H12ClF3N2O. The fourth-order valence-electron chi connectivity index (χ4n) is 2.09. The summed E-state index contributed by atoms with van der Waals surface area (Å²) in [4.78, 5) is 13.2. The van der Waals surface area contributed by atoms with Gasteiger partial charge in [0.25, 0.3) is 0 Å². The minimum atomic E-state index is -4.44. The van der Waals surface area contributed by atoms with Gasteiger partial charge in [0.2, 0.25) is 5.91 Å². The first-order chi connectivity index (χ1) is 8.82. The van der Waals surface area contributed by atoms with Crippen LogP contribution in [-0.4, -0.2) is 18.3 Å². The zero-order chi connectivity index (χ0) is 14.2. The molecular weight excluding hydrogens is 281 g/mol. The van der Waals surface area contributed by atoms with Crippen LogP contribution in [0, 0.1) is 5.92 Å². The molecule has 0 radical (unpaired) electrons. The number of anilines is 2. The van der Waals surface area contributed by atoms with E-state index in [1.54, 1.807) is 0 Å². The van der Waals surface area contributed by atoms with Gasteiger partial charge in [-0.2, -0.15) is 13.2 Å². The van der Waals surface area contributed by atoms with E-state index in [4.69, 9.17) is 17.3 Å². The van der Waals surface area contributed by atoms with E-state index in [2.05, 4.69) is 0 Å². The fourth-order valence-corrected chi connectivity index (χ4v) is 2.30. The summed E-state index contributed by atoms with van der Waals surface area (Å²) < 4.78 is 37.5. The van der Waals surface area contributed by atoms with Gasteiger partial charge >= 0.3 is 6.18 Å². The summed E-state index contributed by atoms with van der Waals surface area (Å²) in [7, 11) is 0. The second kappa shape index (κ2) is 4.92. The van der Waals surface area contributed by atoms with Crippen molar-refractivity contribution in [1.82, 2.24) is 0 Å². The summed E-state index contributed by atoms with van der Waals surface area (Å²) in [6, 6.07) is 3.00. The Labute approximate surface area is 113 Å². The minimum Gasteiger partial charge on any atom is -0.397 e. The van der Waals surface area contributed by atoms with Crippen LogP contribution in [0.15, 0.2) is 18.2 Å². The number of halogens is 4. The Bertz CT molecular complexity index is 504. The molecule has 1 aliphatic heterocycles. The predicted octanol–water partition coefficient (Wildman–Crippen LogP) is 2.88. The molecule has 0 aromatic heterocycles. The molecule has 2 N–H and O–H groups in total. The summed E-state index contributed by atoms with van der Waals surface area (Å²) in [5.74, 6) is 0.177. The van der Waals surface area contributed by atoms with Gasteiger partial charge in [0.1, 0.15) is 0 Å². The first kappa shape index (κ1) is 14.0. The Hall–Kier alpha value is -1.43. The highest BCUT2D eigenvalue weighted by Gasteiger charge is 2.34. The largest absolute Gasteiger partial charge is 0.416 e. The maximum Gasteiger partial charge on any atom is 0.416 e. The molecule has 1 aromatic carbocycles. The highest BCUT2D eigenvalue weighted by Crippen LogP contribution is 2.36. The van der Waals surface area contributed by atoms with E-state index < -0.39 is 11.7 Å². The van der Waals surface area contributed by atoms with Crippen LogP contribution < -0.4 is 10.6 Å². The zero-order valence-electron chi connectivity index (χ0n) is 9.88. The monoisotopic (exact) mass is 292 g/mol. The SMILES string of the molecule is Nc1cc(C(F)(F)F)ccc1N1CC(CCl)CC1=O. The Kier molecular flexibility index (Phi) is 3.62. The smallest absolute Gasteiger partial charge is 0.397 e. The van der Waals surface area contributed by atoms with Crippen molar-refractivity contribution >= 4 is 28.9 Å². The lowest BCUT2D eigenvalue weighted by atomic mass is 10.1. The third-order valence-corrected chi connectivity index (χ3v) is 3.51. The van der Waals surface area contributed by atoms with Crippen LogP contribution in [0.5, 0.6) is 0 Å². The van der Waals surface area contributed by atoms with Crippen molar-refractivity contribution in [2.75, 3.05) is 23.1 Å². The van der Waals surface area contributed by atoms with Crippen molar-refractivity contribution in [3.8, 4) is 0 Å². The van der Waals surface area contributed by atoms with Gasteiger partial charge in [-0.25, -0.2) is 0 Å². The normalized spacial score (nSPS) is 20.1. The van der Waals surface area contributed by atoms with Gasteiger partial charge in [0, 0.05) is 18.8 Å². The zero-order valence-corrected chi connectivity index (χ0v) is 10.6. The predicted molar refractivity (Wildman–Crippen MR) is 67.0 cm³/mol. The highest BCUT2D eigenvalue weighted by molar-refractivity contribution is 6.18. The molecule has 2 rings (SSSR count). The number of carbonyl (C=O) groups is 1. The van der Waals surface area contributed by atoms with Crippen LogP contribution in [-0.2, 0) is 11.0 Å². The maximum absolute atomic E-state index is 12.5. The molecule has 1 fully saturated rings. The number of nitrogens with two attached hydrogens (primary N) is 1. The standard InChI is InChI=1S/C12H12ClF3N2O/c13-5-7-3-11(19)18(6-7)10-2-1-8(4-9(10)17)12(14,15)16/h1-2,4,7H,3,5-6,17H2. The van der Waals surface area contributed by atoms with Crippen molar-refractivity contribution in [2.45, 2.75) is 12.6 Å². The van der Waals surface area contributed by atoms with Gasteiger partial charge in [-0.05, 0) is 24.1 Å². The molecule has 0 aliphatic carbocycles. The van der Waals surface area contributed by atoms with Crippen LogP contribution in [0.4, 0.5) is 24.5 Å². The third-order valence-electron chi connectivity index (χ3n) is 3.07. The number of carbonyl (C=O) groups excluding carboxylic acids is 1. The molecule has 0 spiro atoms. The average Bonchev–Trinajstić information content (AvgIpc) is 2.69. The van der Waals surface area contributed by atoms with Gasteiger partial charge < -0.3 is 10.6 Å². The van der Waals surface area contributed by atoms with Crippen LogP contribution in [0.2, 0.25) is 0 Å². The molecule has 0 saturated carbocycles. The lowest BCUT2D eigenvalue weighted by Gasteiger charge is -2.19. The quantitative estimate of drug-likeness (QED) is 0.673. The second-order valence-electron chi connectivity index (χ2n) is 4.50. The van der Waals surface area contributed by atoms with E-state index in [-0.39, 0.29) is 17.5 Å². The second-order valence-corrected chi connectivity index (χ2v) is 4.81. The molecule has 1 saturated heterocycles. The van der Waals surface area contributed by atoms with Crippen LogP contribution in [0.1, 0.15) is 12.0 Å². The van der Waals surface area contributed by atoms with Gasteiger partial charge in [-0.1, -0.05) is 0 Å². The average molecular weight is 293 g/mol. The number of nitrogen functional groups attached to an aromatic ring is 1. The number of rotatable bonds is 2. The molecule has 1 atom stereocenters. The molecule has 19 heavy (non-hydrogen) atoms. The van der Waals surface area contributed by atoms with Crippen molar-refractivity contribution in [1.29, 1.82) is 0 Å². The van der Waals surface area contributed by atoms with Crippen molar-refractivity contribution in [3.05, 3.63) is 23.8 Å². The molecule has 7 heteroatoms. The molecule has 104 valence electrons. The lowest BCUT2D eigenvalue weighted by Crippen LogP contribution is -2.25. The molecule has 0 bridgehead atoms. The number of hydrogen-bond acceptors (Lipinski definition) is 2. The Balaban J connectivity index is 2.30. The summed E-state index contributed by atoms with van der Waals surface area (Å²) in [6.45, 7) is 0.387. The number of amides is 1. The summed E-state index contributed by atoms with van der Waals surface area (Å²) >= 11 is 5.69. The lowest BCUT2D eigenvalue weighted by molar-refractivity contribution is -0.137. The number of benzene rings is 1. The van der Waals surface area contributed by atoms with E-state index in [9.17, 15) is 18.0 Å². The first-order valence-electron chi connectivity index (χ1n) is 5.66. The van der Waals surface area contributed by atoms with E-state index in [0.717, 1.165) is 12.1 Å². The van der Waals surface area contributed by atoms with Crippen molar-refractivity contribution < 1.29 is 18.0 Å². The topological polar surface area (TPSA) is 46.3 Å². The molecule has 1 aromatic rings. The van der Waals surface area contributed by atoms with E-state index in [1.165, 1.54) is 11.0 Å². The maximum atomic E-state index is 12.5. The Morgan fingerprint density at radius 1 is 1.42 bits per heavy atom. The molecule has 3 nitrogen and oxygen atoms in total. The molecule has 1 heterocycles. The van der Waals surface area contributed by atoms with Gasteiger partial charge in [-0.15, -0.1) is 11.6 Å². The molecule has 1 amide bonds. The highest BCUT2D eigenvalue weighted by atomic mass is 35.5. The number of nitrogens with zero attached hydrogens (tertiary/aromatic N) is 1. The fraction of sp³-hybridized carbons (Fsp3) is 0.417. The molecule has 1 aliphatic rings. The number of hydrogen-bond donors (Lipinski definition) is 1. The summed E-state index contributed by atoms with van der Waals surface area (Å²) in [5, 5.41) is 0. The van der Waals surface area contributed by atoms with E-state index in [1.807, 2.05) is 0 Å². The van der Waals surface area contributed by atoms with Gasteiger partial charge in [0.05, 0.1) is 16.9 Å². The number of alkyl halides is 4. The van der Waals surface area contributed by atoms with Crippen molar-refractivity contribution in [2.24, 2.45) is 5.92 Å². The van der Waals surface area contributed by atoms with Crippen molar-refractivity contribution in [3.63, 3.8) is 0 Å². The minimum absolute atomic E-state index is 0.0101. The third kappa shape index (κ3) is 2.78. The van der Waals surface area contributed by atoms with Crippen LogP contribution in [0.25, 0.3) is 0 Å².